The first-order valence-corrected chi connectivity index (χ1v) is 5.66. The molecule has 0 amide bonds. The summed E-state index contributed by atoms with van der Waals surface area (Å²) < 4.78 is 4.55. The van der Waals surface area contributed by atoms with Crippen LogP contribution in [0, 0.1) is 0 Å². The third-order valence-corrected chi connectivity index (χ3v) is 2.16. The Hall–Kier alpha value is -1.84. The van der Waals surface area contributed by atoms with E-state index in [0.717, 1.165) is 5.57 Å². The summed E-state index contributed by atoms with van der Waals surface area (Å²) in [6.07, 6.45) is 7.36. The van der Waals surface area contributed by atoms with Crippen LogP contribution in [0.3, 0.4) is 0 Å². The molecule has 0 spiro atoms. The highest BCUT2D eigenvalue weighted by molar-refractivity contribution is 5.97. The molecule has 0 aliphatic carbocycles. The summed E-state index contributed by atoms with van der Waals surface area (Å²) in [4.78, 5) is 24.4. The molecular weight excluding hydrogens is 230 g/mol. The normalized spacial score (nSPS) is 12.7. The fourth-order valence-electron chi connectivity index (χ4n) is 1.19. The van der Waals surface area contributed by atoms with Gasteiger partial charge in [-0.1, -0.05) is 17.7 Å². The van der Waals surface area contributed by atoms with E-state index >= 15 is 0 Å². The van der Waals surface area contributed by atoms with Crippen molar-refractivity contribution in [1.82, 2.24) is 4.90 Å². The summed E-state index contributed by atoms with van der Waals surface area (Å²) in [5.41, 5.74) is 1.36. The number of hydrogen-bond donors (Lipinski definition) is 0. The third-order valence-electron chi connectivity index (χ3n) is 2.16. The van der Waals surface area contributed by atoms with Gasteiger partial charge in [-0.05, 0) is 26.1 Å². The molecule has 0 saturated heterocycles. The van der Waals surface area contributed by atoms with E-state index in [9.17, 15) is 9.59 Å². The molecule has 4 nitrogen and oxygen atoms in total. The molecular formula is C14H21NO3. The van der Waals surface area contributed by atoms with E-state index in [1.165, 1.54) is 14.0 Å². The Morgan fingerprint density at radius 2 is 1.83 bits per heavy atom. The number of Topliss-reactive ketones (excluding diaryl/α,β-unsaturated/α-hetero) is 1. The van der Waals surface area contributed by atoms with Crippen LogP contribution in [0.25, 0.3) is 0 Å². The molecule has 0 aliphatic rings. The van der Waals surface area contributed by atoms with Crippen molar-refractivity contribution in [2.45, 2.75) is 20.3 Å². The SMILES string of the molecule is COC(=O)C\C(=C/C(C)=C/C=C/N(C)C)C(C)=O. The Labute approximate surface area is 109 Å². The van der Waals surface area contributed by atoms with Crippen molar-refractivity contribution in [3.05, 3.63) is 35.6 Å². The van der Waals surface area contributed by atoms with E-state index < -0.39 is 5.97 Å². The number of carbonyl (C=O) groups excluding carboxylic acids is 2. The zero-order valence-electron chi connectivity index (χ0n) is 11.7. The fourth-order valence-corrected chi connectivity index (χ4v) is 1.19. The average molecular weight is 251 g/mol. The number of methoxy groups -OCH3 is 1. The van der Waals surface area contributed by atoms with Gasteiger partial charge >= 0.3 is 5.97 Å². The Morgan fingerprint density at radius 3 is 2.28 bits per heavy atom. The van der Waals surface area contributed by atoms with Gasteiger partial charge in [0.15, 0.2) is 5.78 Å². The molecule has 0 aromatic carbocycles. The quantitative estimate of drug-likeness (QED) is 0.412. The molecule has 0 rings (SSSR count). The molecule has 0 unspecified atom stereocenters. The predicted molar refractivity (Wildman–Crippen MR) is 72.0 cm³/mol. The third kappa shape index (κ3) is 7.44. The topological polar surface area (TPSA) is 46.6 Å². The standard InChI is InChI=1S/C14H21NO3/c1-11(7-6-8-15(3)4)9-13(12(2)16)10-14(17)18-5/h6-9H,10H2,1-5H3/b8-6+,11-7+,13-9+. The zero-order chi connectivity index (χ0) is 14.1. The summed E-state index contributed by atoms with van der Waals surface area (Å²) in [5, 5.41) is 0. The summed E-state index contributed by atoms with van der Waals surface area (Å²) in [6, 6.07) is 0. The molecule has 18 heavy (non-hydrogen) atoms. The molecule has 100 valence electrons. The molecule has 0 aliphatic heterocycles. The minimum Gasteiger partial charge on any atom is -0.469 e. The second-order valence-corrected chi connectivity index (χ2v) is 4.19. The highest BCUT2D eigenvalue weighted by Gasteiger charge is 2.09. The van der Waals surface area contributed by atoms with Gasteiger partial charge in [0.25, 0.3) is 0 Å². The molecule has 0 radical (unpaired) electrons. The van der Waals surface area contributed by atoms with E-state index in [2.05, 4.69) is 4.74 Å². The number of ether oxygens (including phenoxy) is 1. The number of esters is 1. The van der Waals surface area contributed by atoms with Crippen molar-refractivity contribution >= 4 is 11.8 Å². The van der Waals surface area contributed by atoms with Gasteiger partial charge in [0.05, 0.1) is 13.5 Å². The largest absolute Gasteiger partial charge is 0.469 e. The number of carbonyl (C=O) groups is 2. The number of nitrogens with zero attached hydrogens (tertiary/aromatic N) is 1. The average Bonchev–Trinajstić information content (AvgIpc) is 2.27. The highest BCUT2D eigenvalue weighted by atomic mass is 16.5. The molecule has 0 aromatic heterocycles. The second kappa shape index (κ2) is 8.28. The van der Waals surface area contributed by atoms with E-state index in [1.54, 1.807) is 6.08 Å². The Kier molecular flexibility index (Phi) is 7.43. The van der Waals surface area contributed by atoms with E-state index in [-0.39, 0.29) is 12.2 Å². The lowest BCUT2D eigenvalue weighted by Gasteiger charge is -2.03. The highest BCUT2D eigenvalue weighted by Crippen LogP contribution is 2.09. The van der Waals surface area contributed by atoms with Gasteiger partial charge in [-0.25, -0.2) is 0 Å². The Morgan fingerprint density at radius 1 is 1.22 bits per heavy atom. The van der Waals surface area contributed by atoms with Crippen LogP contribution in [0.1, 0.15) is 20.3 Å². The monoisotopic (exact) mass is 251 g/mol. The van der Waals surface area contributed by atoms with Gasteiger partial charge < -0.3 is 9.64 Å². The van der Waals surface area contributed by atoms with Crippen LogP contribution >= 0.6 is 0 Å². The molecule has 0 fully saturated rings. The summed E-state index contributed by atoms with van der Waals surface area (Å²) in [5.74, 6) is -0.530. The lowest BCUT2D eigenvalue weighted by molar-refractivity contribution is -0.140. The first-order valence-electron chi connectivity index (χ1n) is 5.66. The van der Waals surface area contributed by atoms with Crippen molar-refractivity contribution in [1.29, 1.82) is 0 Å². The number of allylic oxidation sites excluding steroid dienone is 4. The van der Waals surface area contributed by atoms with Crippen molar-refractivity contribution in [3.63, 3.8) is 0 Å². The molecule has 0 bridgehead atoms. The van der Waals surface area contributed by atoms with Crippen LogP contribution in [-0.2, 0) is 14.3 Å². The molecule has 0 saturated carbocycles. The maximum Gasteiger partial charge on any atom is 0.310 e. The van der Waals surface area contributed by atoms with Gasteiger partial charge in [-0.15, -0.1) is 0 Å². The maximum absolute atomic E-state index is 11.4. The number of hydrogen-bond acceptors (Lipinski definition) is 4. The Bertz CT molecular complexity index is 390. The second-order valence-electron chi connectivity index (χ2n) is 4.19. The van der Waals surface area contributed by atoms with E-state index in [1.807, 2.05) is 44.3 Å². The summed E-state index contributed by atoms with van der Waals surface area (Å²) in [7, 11) is 5.16. The minimum atomic E-state index is -0.409. The van der Waals surface area contributed by atoms with Crippen LogP contribution in [0.2, 0.25) is 0 Å². The number of ketones is 1. The van der Waals surface area contributed by atoms with Crippen molar-refractivity contribution in [2.24, 2.45) is 0 Å². The van der Waals surface area contributed by atoms with E-state index in [0.29, 0.717) is 5.57 Å². The Balaban J connectivity index is 4.84. The van der Waals surface area contributed by atoms with Crippen LogP contribution in [0.4, 0.5) is 0 Å². The first-order chi connectivity index (χ1) is 8.36. The molecule has 0 heterocycles. The van der Waals surface area contributed by atoms with Crippen LogP contribution in [0.15, 0.2) is 35.6 Å². The predicted octanol–water partition coefficient (Wildman–Crippen LogP) is 2.09. The van der Waals surface area contributed by atoms with Gasteiger partial charge in [0.2, 0.25) is 0 Å². The number of rotatable bonds is 6. The molecule has 0 N–H and O–H groups in total. The summed E-state index contributed by atoms with van der Waals surface area (Å²) >= 11 is 0. The summed E-state index contributed by atoms with van der Waals surface area (Å²) in [6.45, 7) is 3.32. The van der Waals surface area contributed by atoms with Crippen LogP contribution in [0.5, 0.6) is 0 Å². The molecule has 0 aromatic rings. The van der Waals surface area contributed by atoms with Crippen molar-refractivity contribution in [3.8, 4) is 0 Å². The minimum absolute atomic E-state index is 0.00834. The van der Waals surface area contributed by atoms with Crippen molar-refractivity contribution in [2.75, 3.05) is 21.2 Å². The van der Waals surface area contributed by atoms with Gasteiger partial charge in [0, 0.05) is 19.7 Å². The fraction of sp³-hybridized carbons (Fsp3) is 0.429. The molecule has 0 atom stereocenters. The zero-order valence-corrected chi connectivity index (χ0v) is 11.7. The first kappa shape index (κ1) is 16.2. The van der Waals surface area contributed by atoms with Gasteiger partial charge in [-0.2, -0.15) is 0 Å². The lowest BCUT2D eigenvalue weighted by atomic mass is 10.1. The smallest absolute Gasteiger partial charge is 0.310 e. The lowest BCUT2D eigenvalue weighted by Crippen LogP contribution is -2.07. The maximum atomic E-state index is 11.4. The van der Waals surface area contributed by atoms with Crippen LogP contribution < -0.4 is 0 Å². The van der Waals surface area contributed by atoms with Crippen LogP contribution in [-0.4, -0.2) is 37.9 Å². The van der Waals surface area contributed by atoms with E-state index in [4.69, 9.17) is 0 Å². The van der Waals surface area contributed by atoms with Crippen molar-refractivity contribution < 1.29 is 14.3 Å². The van der Waals surface area contributed by atoms with Gasteiger partial charge in [0.1, 0.15) is 0 Å². The van der Waals surface area contributed by atoms with Gasteiger partial charge in [-0.3, -0.25) is 9.59 Å². The molecule has 4 heteroatoms.